The molecular formula is C32H36N2O7S. The number of carbonyl (C=O) groups is 3. The third-order valence-electron chi connectivity index (χ3n) is 7.38. The first-order valence-corrected chi connectivity index (χ1v) is 15.1. The van der Waals surface area contributed by atoms with Gasteiger partial charge in [-0.2, -0.15) is 11.8 Å². The number of rotatable bonds is 13. The minimum Gasteiger partial charge on any atom is -0.480 e. The SMILES string of the molecule is CCC[C@H](NC(=O)CCc1c(C)c2cc3c(C)coc3c(C)c2oc1=O)C(=O)N[C@@H](CSCc1ccccc1)C(=O)O. The maximum atomic E-state index is 13.0. The summed E-state index contributed by atoms with van der Waals surface area (Å²) in [6.07, 6.45) is 2.71. The fourth-order valence-electron chi connectivity index (χ4n) is 4.99. The van der Waals surface area contributed by atoms with Gasteiger partial charge in [0.05, 0.1) is 6.26 Å². The summed E-state index contributed by atoms with van der Waals surface area (Å²) in [5, 5.41) is 16.7. The summed E-state index contributed by atoms with van der Waals surface area (Å²) < 4.78 is 11.3. The highest BCUT2D eigenvalue weighted by molar-refractivity contribution is 7.98. The summed E-state index contributed by atoms with van der Waals surface area (Å²) in [6, 6.07) is 9.61. The predicted molar refractivity (Wildman–Crippen MR) is 164 cm³/mol. The number of hydrogen-bond acceptors (Lipinski definition) is 7. The number of carbonyl (C=O) groups excluding carboxylic acids is 2. The third kappa shape index (κ3) is 7.05. The second-order valence-corrected chi connectivity index (χ2v) is 11.5. The van der Waals surface area contributed by atoms with Crippen molar-refractivity contribution < 1.29 is 28.3 Å². The van der Waals surface area contributed by atoms with Crippen LogP contribution >= 0.6 is 11.8 Å². The molecule has 0 radical (unpaired) electrons. The fourth-order valence-corrected chi connectivity index (χ4v) is 5.99. The molecule has 0 aliphatic heterocycles. The molecule has 0 aliphatic rings. The Labute approximate surface area is 248 Å². The summed E-state index contributed by atoms with van der Waals surface area (Å²) in [7, 11) is 0. The normalized spacial score (nSPS) is 12.8. The number of carboxylic acid groups (broad SMARTS) is 1. The minimum atomic E-state index is -1.14. The Morgan fingerprint density at radius 3 is 2.40 bits per heavy atom. The van der Waals surface area contributed by atoms with E-state index < -0.39 is 35.5 Å². The first kappa shape index (κ1) is 30.9. The number of nitrogens with one attached hydrogen (secondary N) is 2. The van der Waals surface area contributed by atoms with E-state index in [4.69, 9.17) is 8.83 Å². The zero-order valence-electron chi connectivity index (χ0n) is 24.2. The molecule has 4 aromatic rings. The molecule has 0 unspecified atom stereocenters. The number of hydrogen-bond donors (Lipinski definition) is 3. The van der Waals surface area contributed by atoms with Gasteiger partial charge in [-0.3, -0.25) is 9.59 Å². The summed E-state index contributed by atoms with van der Waals surface area (Å²) in [5.41, 5.74) is 4.53. The summed E-state index contributed by atoms with van der Waals surface area (Å²) in [5.74, 6) is -1.30. The van der Waals surface area contributed by atoms with Crippen LogP contribution in [0.4, 0.5) is 0 Å². The first-order chi connectivity index (χ1) is 20.1. The van der Waals surface area contributed by atoms with Crippen LogP contribution in [0.25, 0.3) is 21.9 Å². The van der Waals surface area contributed by atoms with Gasteiger partial charge in [0.15, 0.2) is 0 Å². The van der Waals surface area contributed by atoms with E-state index >= 15 is 0 Å². The van der Waals surface area contributed by atoms with Gasteiger partial charge in [0.1, 0.15) is 23.2 Å². The van der Waals surface area contributed by atoms with E-state index in [2.05, 4.69) is 10.6 Å². The average Bonchev–Trinajstić information content (AvgIpc) is 3.33. The van der Waals surface area contributed by atoms with Crippen LogP contribution in [0.5, 0.6) is 0 Å². The first-order valence-electron chi connectivity index (χ1n) is 14.0. The number of aryl methyl sites for hydroxylation is 3. The van der Waals surface area contributed by atoms with E-state index in [9.17, 15) is 24.3 Å². The summed E-state index contributed by atoms with van der Waals surface area (Å²) >= 11 is 1.41. The van der Waals surface area contributed by atoms with Crippen LogP contribution in [0, 0.1) is 20.8 Å². The Balaban J connectivity index is 1.40. The molecule has 3 N–H and O–H groups in total. The van der Waals surface area contributed by atoms with Crippen molar-refractivity contribution in [3.8, 4) is 0 Å². The van der Waals surface area contributed by atoms with Crippen LogP contribution in [0.1, 0.15) is 54.0 Å². The molecule has 4 rings (SSSR count). The maximum absolute atomic E-state index is 13.0. The monoisotopic (exact) mass is 592 g/mol. The maximum Gasteiger partial charge on any atom is 0.339 e. The van der Waals surface area contributed by atoms with Crippen LogP contribution < -0.4 is 16.3 Å². The number of amides is 2. The van der Waals surface area contributed by atoms with Crippen LogP contribution in [0.2, 0.25) is 0 Å². The largest absolute Gasteiger partial charge is 0.480 e. The molecule has 2 aromatic heterocycles. The smallest absolute Gasteiger partial charge is 0.339 e. The fraction of sp³-hybridized carbons (Fsp3) is 0.375. The molecule has 10 heteroatoms. The van der Waals surface area contributed by atoms with Crippen LogP contribution in [0.15, 0.2) is 56.3 Å². The number of benzene rings is 2. The topological polar surface area (TPSA) is 139 Å². The van der Waals surface area contributed by atoms with Crippen molar-refractivity contribution in [3.63, 3.8) is 0 Å². The Bertz CT molecular complexity index is 1660. The third-order valence-corrected chi connectivity index (χ3v) is 8.48. The van der Waals surface area contributed by atoms with E-state index in [1.165, 1.54) is 11.8 Å². The van der Waals surface area contributed by atoms with Crippen molar-refractivity contribution in [1.82, 2.24) is 10.6 Å². The van der Waals surface area contributed by atoms with Crippen molar-refractivity contribution >= 4 is 51.5 Å². The molecule has 2 amide bonds. The Kier molecular flexibility index (Phi) is 10.1. The van der Waals surface area contributed by atoms with Gasteiger partial charge in [-0.05, 0) is 56.4 Å². The van der Waals surface area contributed by atoms with Gasteiger partial charge in [-0.25, -0.2) is 9.59 Å². The second-order valence-electron chi connectivity index (χ2n) is 10.5. The molecular weight excluding hydrogens is 556 g/mol. The van der Waals surface area contributed by atoms with Gasteiger partial charge in [-0.15, -0.1) is 0 Å². The number of aliphatic carboxylic acids is 1. The van der Waals surface area contributed by atoms with E-state index in [1.54, 1.807) is 6.26 Å². The molecule has 0 saturated heterocycles. The predicted octanol–water partition coefficient (Wildman–Crippen LogP) is 5.18. The lowest BCUT2D eigenvalue weighted by Crippen LogP contribution is -2.52. The van der Waals surface area contributed by atoms with Crippen molar-refractivity contribution in [2.24, 2.45) is 0 Å². The highest BCUT2D eigenvalue weighted by Gasteiger charge is 2.26. The van der Waals surface area contributed by atoms with Crippen LogP contribution in [-0.2, 0) is 26.6 Å². The van der Waals surface area contributed by atoms with Crippen molar-refractivity contribution in [1.29, 1.82) is 0 Å². The van der Waals surface area contributed by atoms with Crippen molar-refractivity contribution in [2.75, 3.05) is 5.75 Å². The number of furan rings is 1. The van der Waals surface area contributed by atoms with Crippen molar-refractivity contribution in [3.05, 3.63) is 80.9 Å². The Morgan fingerprint density at radius 1 is 0.976 bits per heavy atom. The molecule has 222 valence electrons. The Morgan fingerprint density at radius 2 is 1.71 bits per heavy atom. The van der Waals surface area contributed by atoms with Gasteiger partial charge in [-0.1, -0.05) is 43.7 Å². The van der Waals surface area contributed by atoms with Crippen molar-refractivity contribution in [2.45, 2.75) is 71.2 Å². The number of thioether (sulfide) groups is 1. The standard InChI is InChI=1S/C32H36N2O7S/c1-5-9-25(30(36)34-26(31(37)38)17-42-16-21-10-7-6-8-11-21)33-27(35)13-12-22-19(3)24-14-23-18(2)15-40-28(23)20(4)29(24)41-32(22)39/h6-8,10-11,14-15,25-26H,5,9,12-13,16-17H2,1-4H3,(H,33,35)(H,34,36)(H,37,38)/t25-,26-/m0/s1. The molecule has 0 bridgehead atoms. The summed E-state index contributed by atoms with van der Waals surface area (Å²) in [6.45, 7) is 7.50. The zero-order chi connectivity index (χ0) is 30.4. The quantitative estimate of drug-likeness (QED) is 0.180. The molecule has 9 nitrogen and oxygen atoms in total. The van der Waals surface area contributed by atoms with Gasteiger partial charge in [0, 0.05) is 39.8 Å². The second kappa shape index (κ2) is 13.7. The minimum absolute atomic E-state index is 0.0359. The van der Waals surface area contributed by atoms with Gasteiger partial charge >= 0.3 is 11.6 Å². The van der Waals surface area contributed by atoms with E-state index in [1.807, 2.05) is 64.1 Å². The van der Waals surface area contributed by atoms with E-state index in [0.717, 1.165) is 33.0 Å². The summed E-state index contributed by atoms with van der Waals surface area (Å²) in [4.78, 5) is 50.7. The highest BCUT2D eigenvalue weighted by atomic mass is 32.2. The van der Waals surface area contributed by atoms with E-state index in [-0.39, 0.29) is 18.6 Å². The lowest BCUT2D eigenvalue weighted by molar-refractivity contribution is -0.141. The zero-order valence-corrected chi connectivity index (χ0v) is 25.1. The lowest BCUT2D eigenvalue weighted by atomic mass is 9.98. The lowest BCUT2D eigenvalue weighted by Gasteiger charge is -2.21. The molecule has 2 aromatic carbocycles. The molecule has 0 fully saturated rings. The molecule has 42 heavy (non-hydrogen) atoms. The highest BCUT2D eigenvalue weighted by Crippen LogP contribution is 2.32. The Hall–Kier alpha value is -4.05. The van der Waals surface area contributed by atoms with Gasteiger partial charge < -0.3 is 24.6 Å². The van der Waals surface area contributed by atoms with E-state index in [0.29, 0.717) is 35.3 Å². The average molecular weight is 593 g/mol. The molecule has 0 spiro atoms. The van der Waals surface area contributed by atoms with Crippen LogP contribution in [-0.4, -0.2) is 40.7 Å². The molecule has 2 heterocycles. The number of carboxylic acids is 1. The van der Waals surface area contributed by atoms with Gasteiger partial charge in [0.2, 0.25) is 11.8 Å². The van der Waals surface area contributed by atoms with Crippen LogP contribution in [0.3, 0.4) is 0 Å². The molecule has 0 aliphatic carbocycles. The molecule has 2 atom stereocenters. The molecule has 0 saturated carbocycles. The number of fused-ring (bicyclic) bond motifs is 2. The van der Waals surface area contributed by atoms with Gasteiger partial charge in [0.25, 0.3) is 0 Å².